The SMILES string of the molecule is CC(C)[C@H](N)C(=O)[SH](C)C. The first kappa shape index (κ1) is 9.98. The Bertz CT molecular complexity index is 123. The van der Waals surface area contributed by atoms with Gasteiger partial charge in [0, 0.05) is 0 Å². The third-order valence-electron chi connectivity index (χ3n) is 1.44. The van der Waals surface area contributed by atoms with Crippen LogP contribution in [0.25, 0.3) is 0 Å². The van der Waals surface area contributed by atoms with Crippen LogP contribution in [0.2, 0.25) is 0 Å². The van der Waals surface area contributed by atoms with Crippen molar-refractivity contribution >= 4 is 16.0 Å². The summed E-state index contributed by atoms with van der Waals surface area (Å²) < 4.78 is 0. The van der Waals surface area contributed by atoms with Crippen LogP contribution in [0.3, 0.4) is 0 Å². The molecule has 2 N–H and O–H groups in total. The molecule has 62 valence electrons. The summed E-state index contributed by atoms with van der Waals surface area (Å²) in [5, 5.41) is 0.227. The maximum atomic E-state index is 11.2. The summed E-state index contributed by atoms with van der Waals surface area (Å²) in [4.78, 5) is 11.2. The van der Waals surface area contributed by atoms with Crippen molar-refractivity contribution < 1.29 is 4.79 Å². The van der Waals surface area contributed by atoms with Gasteiger partial charge in [0.1, 0.15) is 0 Å². The Morgan fingerprint density at radius 2 is 1.80 bits per heavy atom. The molecule has 0 spiro atoms. The molecule has 0 fully saturated rings. The minimum absolute atomic E-state index is 0.227. The quantitative estimate of drug-likeness (QED) is 0.590. The maximum Gasteiger partial charge on any atom is 0.185 e. The minimum Gasteiger partial charge on any atom is -0.321 e. The van der Waals surface area contributed by atoms with E-state index in [-0.39, 0.29) is 17.1 Å². The lowest BCUT2D eigenvalue weighted by molar-refractivity contribution is -0.113. The molecule has 1 atom stereocenters. The molecule has 0 aromatic rings. The zero-order chi connectivity index (χ0) is 8.31. The fourth-order valence-electron chi connectivity index (χ4n) is 0.583. The van der Waals surface area contributed by atoms with Gasteiger partial charge in [0.25, 0.3) is 0 Å². The average molecular weight is 163 g/mol. The van der Waals surface area contributed by atoms with Gasteiger partial charge in [0.05, 0.1) is 6.04 Å². The fourth-order valence-corrected chi connectivity index (χ4v) is 1.48. The largest absolute Gasteiger partial charge is 0.321 e. The van der Waals surface area contributed by atoms with Crippen LogP contribution >= 0.6 is 10.9 Å². The maximum absolute atomic E-state index is 11.2. The molecule has 0 aliphatic carbocycles. The molecule has 2 nitrogen and oxygen atoms in total. The van der Waals surface area contributed by atoms with E-state index in [1.165, 1.54) is 0 Å². The highest BCUT2D eigenvalue weighted by Crippen LogP contribution is 2.19. The van der Waals surface area contributed by atoms with Gasteiger partial charge in [-0.05, 0) is 18.4 Å². The van der Waals surface area contributed by atoms with Gasteiger partial charge in [-0.2, -0.15) is 10.9 Å². The minimum atomic E-state index is -0.497. The monoisotopic (exact) mass is 163 g/mol. The van der Waals surface area contributed by atoms with Crippen molar-refractivity contribution in [2.45, 2.75) is 19.9 Å². The Hall–Kier alpha value is -0.0200. The van der Waals surface area contributed by atoms with E-state index >= 15 is 0 Å². The second-order valence-electron chi connectivity index (χ2n) is 3.00. The summed E-state index contributed by atoms with van der Waals surface area (Å²) in [5.74, 6) is 0.275. The lowest BCUT2D eigenvalue weighted by Gasteiger charge is -2.17. The van der Waals surface area contributed by atoms with E-state index in [0.717, 1.165) is 0 Å². The molecule has 0 aliphatic heterocycles. The van der Waals surface area contributed by atoms with Gasteiger partial charge < -0.3 is 5.73 Å². The predicted octanol–water partition coefficient (Wildman–Crippen LogP) is 0.757. The topological polar surface area (TPSA) is 43.1 Å². The van der Waals surface area contributed by atoms with Gasteiger partial charge in [-0.15, -0.1) is 0 Å². The summed E-state index contributed by atoms with van der Waals surface area (Å²) in [6.07, 6.45) is 3.89. The van der Waals surface area contributed by atoms with Crippen LogP contribution in [-0.2, 0) is 4.79 Å². The second-order valence-corrected chi connectivity index (χ2v) is 5.23. The summed E-state index contributed by atoms with van der Waals surface area (Å²) >= 11 is 0. The lowest BCUT2D eigenvalue weighted by Crippen LogP contribution is -2.34. The number of thiol groups is 1. The predicted molar refractivity (Wildman–Crippen MR) is 48.7 cm³/mol. The van der Waals surface area contributed by atoms with Crippen LogP contribution in [-0.4, -0.2) is 23.7 Å². The average Bonchev–Trinajstić information content (AvgIpc) is 1.84. The molecule has 3 heteroatoms. The van der Waals surface area contributed by atoms with E-state index < -0.39 is 10.9 Å². The highest BCUT2D eigenvalue weighted by atomic mass is 32.2. The van der Waals surface area contributed by atoms with E-state index in [4.69, 9.17) is 5.73 Å². The molecule has 0 rings (SSSR count). The van der Waals surface area contributed by atoms with Crippen molar-refractivity contribution in [3.63, 3.8) is 0 Å². The van der Waals surface area contributed by atoms with Gasteiger partial charge >= 0.3 is 0 Å². The molecule has 0 radical (unpaired) electrons. The highest BCUT2D eigenvalue weighted by Gasteiger charge is 2.17. The molecule has 0 amide bonds. The summed E-state index contributed by atoms with van der Waals surface area (Å²) in [6.45, 7) is 3.95. The van der Waals surface area contributed by atoms with Gasteiger partial charge in [0.2, 0.25) is 0 Å². The third kappa shape index (κ3) is 2.71. The van der Waals surface area contributed by atoms with E-state index in [2.05, 4.69) is 0 Å². The Morgan fingerprint density at radius 1 is 1.40 bits per heavy atom. The Morgan fingerprint density at radius 3 is 1.90 bits per heavy atom. The lowest BCUT2D eigenvalue weighted by atomic mass is 10.1. The smallest absolute Gasteiger partial charge is 0.185 e. The molecule has 0 aromatic heterocycles. The van der Waals surface area contributed by atoms with Crippen LogP contribution in [0, 0.1) is 5.92 Å². The molecule has 0 saturated heterocycles. The molecule has 0 saturated carbocycles. The molecule has 0 aliphatic rings. The second kappa shape index (κ2) is 3.98. The van der Waals surface area contributed by atoms with Crippen molar-refractivity contribution in [3.05, 3.63) is 0 Å². The van der Waals surface area contributed by atoms with E-state index in [9.17, 15) is 4.79 Å². The Kier molecular flexibility index (Phi) is 3.98. The summed E-state index contributed by atoms with van der Waals surface area (Å²) in [7, 11) is -0.497. The van der Waals surface area contributed by atoms with Crippen molar-refractivity contribution in [2.24, 2.45) is 11.7 Å². The van der Waals surface area contributed by atoms with Crippen molar-refractivity contribution in [3.8, 4) is 0 Å². The first-order valence-corrected chi connectivity index (χ1v) is 5.67. The number of rotatable bonds is 2. The Labute approximate surface area is 65.5 Å². The molecule has 0 bridgehead atoms. The van der Waals surface area contributed by atoms with Gasteiger partial charge in [-0.3, -0.25) is 4.79 Å². The van der Waals surface area contributed by atoms with Gasteiger partial charge in [0.15, 0.2) is 5.12 Å². The zero-order valence-electron chi connectivity index (χ0n) is 7.09. The van der Waals surface area contributed by atoms with Crippen LogP contribution < -0.4 is 5.73 Å². The van der Waals surface area contributed by atoms with Crippen LogP contribution in [0.4, 0.5) is 0 Å². The van der Waals surface area contributed by atoms with Crippen LogP contribution in [0.5, 0.6) is 0 Å². The number of hydrogen-bond acceptors (Lipinski definition) is 2. The zero-order valence-corrected chi connectivity index (χ0v) is 7.98. The van der Waals surface area contributed by atoms with Crippen molar-refractivity contribution in [1.82, 2.24) is 0 Å². The Balaban J connectivity index is 3.95. The number of nitrogens with two attached hydrogens (primary N) is 1. The van der Waals surface area contributed by atoms with Crippen LogP contribution in [0.15, 0.2) is 0 Å². The molecule has 10 heavy (non-hydrogen) atoms. The fraction of sp³-hybridized carbons (Fsp3) is 0.857. The summed E-state index contributed by atoms with van der Waals surface area (Å²) in [5.41, 5.74) is 5.63. The van der Waals surface area contributed by atoms with Gasteiger partial charge in [-0.1, -0.05) is 13.8 Å². The van der Waals surface area contributed by atoms with E-state index in [0.29, 0.717) is 0 Å². The van der Waals surface area contributed by atoms with Crippen molar-refractivity contribution in [1.29, 1.82) is 0 Å². The number of hydrogen-bond donors (Lipinski definition) is 2. The molecule has 0 heterocycles. The van der Waals surface area contributed by atoms with Crippen molar-refractivity contribution in [2.75, 3.05) is 12.5 Å². The first-order chi connectivity index (χ1) is 4.46. The van der Waals surface area contributed by atoms with E-state index in [1.54, 1.807) is 0 Å². The molecule has 0 unspecified atom stereocenters. The molecular weight excluding hydrogens is 146 g/mol. The normalized spacial score (nSPS) is 15.2. The van der Waals surface area contributed by atoms with Crippen LogP contribution in [0.1, 0.15) is 13.8 Å². The number of carbonyl (C=O) groups is 1. The molecule has 0 aromatic carbocycles. The summed E-state index contributed by atoms with van der Waals surface area (Å²) in [6, 6.07) is -0.249. The van der Waals surface area contributed by atoms with Gasteiger partial charge in [-0.25, -0.2) is 0 Å². The standard InChI is InChI=1S/C7H17NOS/c1-5(2)6(8)7(9)10(3)4/h5-6,10H,8H2,1-4H3/t6-/m0/s1. The third-order valence-corrected chi connectivity index (χ3v) is 2.62. The highest BCUT2D eigenvalue weighted by molar-refractivity contribution is 8.28. The molecular formula is C7H17NOS. The number of carbonyl (C=O) groups excluding carboxylic acids is 1. The first-order valence-electron chi connectivity index (χ1n) is 3.43. The van der Waals surface area contributed by atoms with E-state index in [1.807, 2.05) is 26.4 Å².